The maximum atomic E-state index is 11.5. The fraction of sp³-hybridized carbons (Fsp3) is 0.133. The van der Waals surface area contributed by atoms with Crippen LogP contribution in [0.2, 0.25) is 0 Å². The van der Waals surface area contributed by atoms with Crippen LogP contribution in [0.3, 0.4) is 0 Å². The Morgan fingerprint density at radius 3 is 2.47 bits per heavy atom. The molecule has 0 aromatic heterocycles. The smallest absolute Gasteiger partial charge is 0.412 e. The van der Waals surface area contributed by atoms with Gasteiger partial charge >= 0.3 is 6.09 Å². The first kappa shape index (κ1) is 13.6. The summed E-state index contributed by atoms with van der Waals surface area (Å²) >= 11 is 3.38. The van der Waals surface area contributed by atoms with E-state index in [0.717, 1.165) is 15.6 Å². The van der Waals surface area contributed by atoms with Crippen molar-refractivity contribution in [2.24, 2.45) is 0 Å². The lowest BCUT2D eigenvalue weighted by atomic mass is 10.1. The van der Waals surface area contributed by atoms with Gasteiger partial charge in [-0.2, -0.15) is 0 Å². The molecular weight excluding hydrogens is 306 g/mol. The van der Waals surface area contributed by atoms with Gasteiger partial charge in [-0.15, -0.1) is 0 Å². The molecule has 0 atom stereocenters. The van der Waals surface area contributed by atoms with Crippen molar-refractivity contribution in [3.05, 3.63) is 64.1 Å². The van der Waals surface area contributed by atoms with Crippen LogP contribution >= 0.6 is 15.9 Å². The van der Waals surface area contributed by atoms with Gasteiger partial charge in [-0.25, -0.2) is 4.79 Å². The van der Waals surface area contributed by atoms with Crippen LogP contribution in [0.1, 0.15) is 11.1 Å². The molecule has 2 rings (SSSR count). The summed E-state index contributed by atoms with van der Waals surface area (Å²) in [6.45, 7) is 2.25. The Labute approximate surface area is 120 Å². The summed E-state index contributed by atoms with van der Waals surface area (Å²) in [5.41, 5.74) is 2.60. The fourth-order valence-electron chi connectivity index (χ4n) is 1.94. The van der Waals surface area contributed by atoms with Crippen molar-refractivity contribution in [2.75, 3.05) is 4.90 Å². The number of amides is 1. The monoisotopic (exact) mass is 319 g/mol. The molecule has 0 saturated carbocycles. The summed E-state index contributed by atoms with van der Waals surface area (Å²) < 4.78 is 0.943. The van der Waals surface area contributed by atoms with Crippen molar-refractivity contribution in [2.45, 2.75) is 13.5 Å². The summed E-state index contributed by atoms with van der Waals surface area (Å²) in [5, 5.41) is 9.40. The summed E-state index contributed by atoms with van der Waals surface area (Å²) in [7, 11) is 0. The zero-order valence-electron chi connectivity index (χ0n) is 10.5. The van der Waals surface area contributed by atoms with E-state index in [1.54, 1.807) is 0 Å². The van der Waals surface area contributed by atoms with Gasteiger partial charge in [0.15, 0.2) is 0 Å². The van der Waals surface area contributed by atoms with Crippen LogP contribution in [0, 0.1) is 6.92 Å². The van der Waals surface area contributed by atoms with Crippen molar-refractivity contribution in [3.8, 4) is 0 Å². The van der Waals surface area contributed by atoms with Crippen molar-refractivity contribution in [1.29, 1.82) is 0 Å². The van der Waals surface area contributed by atoms with Gasteiger partial charge in [-0.05, 0) is 36.2 Å². The van der Waals surface area contributed by atoms with Crippen molar-refractivity contribution in [1.82, 2.24) is 0 Å². The number of benzene rings is 2. The molecule has 0 bridgehead atoms. The van der Waals surface area contributed by atoms with Gasteiger partial charge in [0.05, 0.1) is 12.2 Å². The van der Waals surface area contributed by atoms with Crippen LogP contribution in [0.4, 0.5) is 10.5 Å². The Morgan fingerprint density at radius 1 is 1.21 bits per heavy atom. The van der Waals surface area contributed by atoms with Gasteiger partial charge in [-0.3, -0.25) is 4.90 Å². The quantitative estimate of drug-likeness (QED) is 0.908. The first-order valence-electron chi connectivity index (χ1n) is 5.88. The molecule has 0 radical (unpaired) electrons. The number of carbonyl (C=O) groups is 1. The number of nitrogens with zero attached hydrogens (tertiary/aromatic N) is 1. The molecule has 1 amide bonds. The lowest BCUT2D eigenvalue weighted by Crippen LogP contribution is -2.29. The molecular formula is C15H14BrNO2. The molecule has 0 spiro atoms. The lowest BCUT2D eigenvalue weighted by molar-refractivity contribution is 0.201. The number of carboxylic acid groups (broad SMARTS) is 1. The Morgan fingerprint density at radius 2 is 1.89 bits per heavy atom. The maximum absolute atomic E-state index is 11.5. The Balaban J connectivity index is 2.33. The van der Waals surface area contributed by atoms with E-state index in [-0.39, 0.29) is 0 Å². The van der Waals surface area contributed by atoms with Crippen LogP contribution in [-0.2, 0) is 6.54 Å². The van der Waals surface area contributed by atoms with E-state index in [1.165, 1.54) is 4.90 Å². The number of hydrogen-bond acceptors (Lipinski definition) is 1. The highest BCUT2D eigenvalue weighted by molar-refractivity contribution is 9.10. The second-order valence-corrected chi connectivity index (χ2v) is 5.20. The van der Waals surface area contributed by atoms with E-state index in [9.17, 15) is 9.90 Å². The predicted octanol–water partition coefficient (Wildman–Crippen LogP) is 4.44. The minimum absolute atomic E-state index is 0.346. The van der Waals surface area contributed by atoms with Gasteiger partial charge < -0.3 is 5.11 Å². The summed E-state index contributed by atoms with van der Waals surface area (Å²) in [6, 6.07) is 15.2. The highest BCUT2D eigenvalue weighted by Gasteiger charge is 2.16. The SMILES string of the molecule is Cc1cc(Br)ccc1N(Cc1ccccc1)C(=O)O. The Bertz CT molecular complexity index is 584. The molecule has 2 aromatic rings. The minimum atomic E-state index is -0.950. The van der Waals surface area contributed by atoms with Crippen LogP contribution in [0.5, 0.6) is 0 Å². The molecule has 1 N–H and O–H groups in total. The Hall–Kier alpha value is -1.81. The van der Waals surface area contributed by atoms with Gasteiger partial charge in [-0.1, -0.05) is 46.3 Å². The lowest BCUT2D eigenvalue weighted by Gasteiger charge is -2.21. The van der Waals surface area contributed by atoms with E-state index < -0.39 is 6.09 Å². The van der Waals surface area contributed by atoms with Crippen molar-refractivity contribution < 1.29 is 9.90 Å². The number of rotatable bonds is 3. The van der Waals surface area contributed by atoms with Gasteiger partial charge in [0.1, 0.15) is 0 Å². The second-order valence-electron chi connectivity index (χ2n) is 4.29. The van der Waals surface area contributed by atoms with Crippen LogP contribution in [0.25, 0.3) is 0 Å². The third-order valence-electron chi connectivity index (χ3n) is 2.86. The van der Waals surface area contributed by atoms with E-state index in [1.807, 2.05) is 55.5 Å². The molecule has 19 heavy (non-hydrogen) atoms. The highest BCUT2D eigenvalue weighted by Crippen LogP contribution is 2.25. The Kier molecular flexibility index (Phi) is 4.22. The normalized spacial score (nSPS) is 10.2. The molecule has 0 fully saturated rings. The van der Waals surface area contributed by atoms with Crippen molar-refractivity contribution in [3.63, 3.8) is 0 Å². The molecule has 98 valence electrons. The van der Waals surface area contributed by atoms with Crippen LogP contribution < -0.4 is 4.90 Å². The molecule has 4 heteroatoms. The zero-order chi connectivity index (χ0) is 13.8. The van der Waals surface area contributed by atoms with Crippen LogP contribution in [0.15, 0.2) is 53.0 Å². The number of aryl methyl sites for hydroxylation is 1. The van der Waals surface area contributed by atoms with Crippen LogP contribution in [-0.4, -0.2) is 11.2 Å². The van der Waals surface area contributed by atoms with E-state index in [4.69, 9.17) is 0 Å². The average molecular weight is 320 g/mol. The summed E-state index contributed by atoms with van der Waals surface area (Å²) in [6.07, 6.45) is -0.950. The highest BCUT2D eigenvalue weighted by atomic mass is 79.9. The summed E-state index contributed by atoms with van der Waals surface area (Å²) in [5.74, 6) is 0. The van der Waals surface area contributed by atoms with E-state index in [0.29, 0.717) is 12.2 Å². The first-order chi connectivity index (χ1) is 9.08. The van der Waals surface area contributed by atoms with Crippen molar-refractivity contribution >= 4 is 27.7 Å². The maximum Gasteiger partial charge on any atom is 0.412 e. The fourth-order valence-corrected chi connectivity index (χ4v) is 2.42. The molecule has 0 heterocycles. The topological polar surface area (TPSA) is 40.5 Å². The molecule has 0 saturated heterocycles. The zero-order valence-corrected chi connectivity index (χ0v) is 12.1. The summed E-state index contributed by atoms with van der Waals surface area (Å²) in [4.78, 5) is 12.8. The van der Waals surface area contributed by atoms with Gasteiger partial charge in [0, 0.05) is 4.47 Å². The van der Waals surface area contributed by atoms with E-state index >= 15 is 0 Å². The second kappa shape index (κ2) is 5.89. The first-order valence-corrected chi connectivity index (χ1v) is 6.68. The molecule has 0 aliphatic carbocycles. The average Bonchev–Trinajstić information content (AvgIpc) is 2.38. The predicted molar refractivity (Wildman–Crippen MR) is 79.5 cm³/mol. The molecule has 2 aromatic carbocycles. The molecule has 0 aliphatic heterocycles. The largest absolute Gasteiger partial charge is 0.465 e. The molecule has 3 nitrogen and oxygen atoms in total. The number of anilines is 1. The third kappa shape index (κ3) is 3.35. The number of hydrogen-bond donors (Lipinski definition) is 1. The number of halogens is 1. The van der Waals surface area contributed by atoms with Gasteiger partial charge in [0.2, 0.25) is 0 Å². The third-order valence-corrected chi connectivity index (χ3v) is 3.36. The minimum Gasteiger partial charge on any atom is -0.465 e. The molecule has 0 aliphatic rings. The molecule has 0 unspecified atom stereocenters. The van der Waals surface area contributed by atoms with Gasteiger partial charge in [0.25, 0.3) is 0 Å². The van der Waals surface area contributed by atoms with E-state index in [2.05, 4.69) is 15.9 Å². The standard InChI is InChI=1S/C15H14BrNO2/c1-11-9-13(16)7-8-14(11)17(15(18)19)10-12-5-3-2-4-6-12/h2-9H,10H2,1H3,(H,18,19).